The van der Waals surface area contributed by atoms with E-state index in [1.54, 1.807) is 29.8 Å². The van der Waals surface area contributed by atoms with E-state index in [9.17, 15) is 4.79 Å². The SMILES string of the molecule is C[C@H]1CCc2c(sc3ncnc(SCC(=O)c4ccc5c(c4)OCCO5)c23)C1. The van der Waals surface area contributed by atoms with Gasteiger partial charge in [-0.1, -0.05) is 18.7 Å². The molecule has 1 aliphatic carbocycles. The normalized spacial score (nSPS) is 18.1. The third-order valence-corrected chi connectivity index (χ3v) is 7.41. The lowest BCUT2D eigenvalue weighted by Crippen LogP contribution is -2.16. The molecule has 0 radical (unpaired) electrons. The Labute approximate surface area is 171 Å². The maximum Gasteiger partial charge on any atom is 0.173 e. The van der Waals surface area contributed by atoms with Crippen molar-refractivity contribution in [1.82, 2.24) is 9.97 Å². The number of nitrogens with zero attached hydrogens (tertiary/aromatic N) is 2. The van der Waals surface area contributed by atoms with Crippen molar-refractivity contribution in [2.24, 2.45) is 5.92 Å². The van der Waals surface area contributed by atoms with Crippen LogP contribution in [0.3, 0.4) is 0 Å². The molecule has 0 spiro atoms. The van der Waals surface area contributed by atoms with E-state index in [-0.39, 0.29) is 5.78 Å². The Morgan fingerprint density at radius 1 is 1.25 bits per heavy atom. The van der Waals surface area contributed by atoms with E-state index in [4.69, 9.17) is 9.47 Å². The second-order valence-corrected chi connectivity index (χ2v) is 9.33. The number of Topliss-reactive ketones (excluding diaryl/α,β-unsaturated/α-hetero) is 1. The van der Waals surface area contributed by atoms with Crippen LogP contribution in [0.4, 0.5) is 0 Å². The van der Waals surface area contributed by atoms with E-state index < -0.39 is 0 Å². The van der Waals surface area contributed by atoms with Gasteiger partial charge in [-0.3, -0.25) is 4.79 Å². The Bertz CT molecular complexity index is 1060. The van der Waals surface area contributed by atoms with Crippen LogP contribution >= 0.6 is 23.1 Å². The highest BCUT2D eigenvalue weighted by atomic mass is 32.2. The van der Waals surface area contributed by atoms with Crippen LogP contribution in [-0.4, -0.2) is 34.7 Å². The van der Waals surface area contributed by atoms with Crippen molar-refractivity contribution in [3.8, 4) is 11.5 Å². The standard InChI is InChI=1S/C21H20N2O3S2/c1-12-2-4-14-18(8-12)28-21-19(14)20(22-11-23-21)27-10-15(24)13-3-5-16-17(9-13)26-7-6-25-16/h3,5,9,11-12H,2,4,6-8,10H2,1H3/t12-/m0/s1. The Hall–Kier alpha value is -2.12. The number of fused-ring (bicyclic) bond motifs is 4. The molecule has 5 rings (SSSR count). The molecule has 1 atom stereocenters. The molecule has 144 valence electrons. The average molecular weight is 413 g/mol. The molecule has 2 aromatic heterocycles. The van der Waals surface area contributed by atoms with Crippen LogP contribution in [0.5, 0.6) is 11.5 Å². The zero-order valence-electron chi connectivity index (χ0n) is 15.6. The second-order valence-electron chi connectivity index (χ2n) is 7.28. The minimum atomic E-state index is 0.0615. The fourth-order valence-corrected chi connectivity index (χ4v) is 6.12. The molecule has 0 unspecified atom stereocenters. The van der Waals surface area contributed by atoms with Gasteiger partial charge < -0.3 is 9.47 Å². The second kappa shape index (κ2) is 7.37. The summed E-state index contributed by atoms with van der Waals surface area (Å²) in [5.74, 6) is 2.47. The van der Waals surface area contributed by atoms with Gasteiger partial charge >= 0.3 is 0 Å². The van der Waals surface area contributed by atoms with Crippen LogP contribution in [0, 0.1) is 5.92 Å². The van der Waals surface area contributed by atoms with Gasteiger partial charge in [-0.15, -0.1) is 11.3 Å². The van der Waals surface area contributed by atoms with Crippen molar-refractivity contribution in [2.75, 3.05) is 19.0 Å². The Morgan fingerprint density at radius 2 is 2.11 bits per heavy atom. The highest BCUT2D eigenvalue weighted by Gasteiger charge is 2.23. The molecule has 0 fully saturated rings. The van der Waals surface area contributed by atoms with E-state index in [0.29, 0.717) is 36.0 Å². The van der Waals surface area contributed by atoms with Crippen molar-refractivity contribution < 1.29 is 14.3 Å². The van der Waals surface area contributed by atoms with Crippen LogP contribution in [-0.2, 0) is 12.8 Å². The number of hydrogen-bond acceptors (Lipinski definition) is 7. The Kier molecular flexibility index (Phi) is 4.72. The van der Waals surface area contributed by atoms with E-state index in [0.717, 1.165) is 34.0 Å². The average Bonchev–Trinajstić information content (AvgIpc) is 3.09. The number of benzene rings is 1. The molecular formula is C21H20N2O3S2. The highest BCUT2D eigenvalue weighted by Crippen LogP contribution is 2.40. The lowest BCUT2D eigenvalue weighted by Gasteiger charge is -2.18. The van der Waals surface area contributed by atoms with Gasteiger partial charge in [0.15, 0.2) is 17.3 Å². The van der Waals surface area contributed by atoms with Crippen molar-refractivity contribution >= 4 is 39.1 Å². The summed E-state index contributed by atoms with van der Waals surface area (Å²) >= 11 is 3.29. The van der Waals surface area contributed by atoms with Crippen LogP contribution in [0.1, 0.15) is 34.1 Å². The highest BCUT2D eigenvalue weighted by molar-refractivity contribution is 8.00. The van der Waals surface area contributed by atoms with E-state index in [2.05, 4.69) is 16.9 Å². The van der Waals surface area contributed by atoms with Gasteiger partial charge in [-0.25, -0.2) is 9.97 Å². The van der Waals surface area contributed by atoms with Gasteiger partial charge in [0.25, 0.3) is 0 Å². The summed E-state index contributed by atoms with van der Waals surface area (Å²) < 4.78 is 11.1. The summed E-state index contributed by atoms with van der Waals surface area (Å²) in [4.78, 5) is 24.2. The number of aromatic nitrogens is 2. The molecular weight excluding hydrogens is 392 g/mol. The molecule has 3 heterocycles. The summed E-state index contributed by atoms with van der Waals surface area (Å²) in [6.45, 7) is 3.37. The largest absolute Gasteiger partial charge is 0.486 e. The fraction of sp³-hybridized carbons (Fsp3) is 0.381. The summed E-state index contributed by atoms with van der Waals surface area (Å²) in [7, 11) is 0. The van der Waals surface area contributed by atoms with Gasteiger partial charge in [-0.2, -0.15) is 0 Å². The summed E-state index contributed by atoms with van der Waals surface area (Å²) in [6.07, 6.45) is 5.02. The third-order valence-electron chi connectivity index (χ3n) is 5.26. The van der Waals surface area contributed by atoms with Crippen molar-refractivity contribution in [3.05, 3.63) is 40.5 Å². The maximum atomic E-state index is 12.8. The van der Waals surface area contributed by atoms with Crippen LogP contribution in [0.25, 0.3) is 10.2 Å². The van der Waals surface area contributed by atoms with Gasteiger partial charge in [0.1, 0.15) is 29.4 Å². The van der Waals surface area contributed by atoms with E-state index in [1.165, 1.54) is 28.6 Å². The number of hydrogen-bond donors (Lipinski definition) is 0. The minimum Gasteiger partial charge on any atom is -0.486 e. The van der Waals surface area contributed by atoms with Crippen molar-refractivity contribution in [3.63, 3.8) is 0 Å². The number of thioether (sulfide) groups is 1. The van der Waals surface area contributed by atoms with Gasteiger partial charge in [-0.05, 0) is 48.9 Å². The Balaban J connectivity index is 1.38. The molecule has 1 aromatic carbocycles. The van der Waals surface area contributed by atoms with Crippen molar-refractivity contribution in [2.45, 2.75) is 31.2 Å². The number of ether oxygens (including phenoxy) is 2. The van der Waals surface area contributed by atoms with E-state index >= 15 is 0 Å². The Morgan fingerprint density at radius 3 is 3.00 bits per heavy atom. The van der Waals surface area contributed by atoms with E-state index in [1.807, 2.05) is 6.07 Å². The third kappa shape index (κ3) is 3.26. The zero-order valence-corrected chi connectivity index (χ0v) is 17.2. The minimum absolute atomic E-state index is 0.0615. The molecule has 0 saturated carbocycles. The lowest BCUT2D eigenvalue weighted by molar-refractivity contribution is 0.102. The molecule has 0 bridgehead atoms. The molecule has 0 amide bonds. The van der Waals surface area contributed by atoms with Crippen LogP contribution in [0.15, 0.2) is 29.6 Å². The number of rotatable bonds is 4. The first-order valence-electron chi connectivity index (χ1n) is 9.50. The molecule has 28 heavy (non-hydrogen) atoms. The first kappa shape index (κ1) is 17.9. The van der Waals surface area contributed by atoms with Crippen molar-refractivity contribution in [1.29, 1.82) is 0 Å². The molecule has 1 aliphatic heterocycles. The lowest BCUT2D eigenvalue weighted by atomic mass is 9.89. The molecule has 0 N–H and O–H groups in total. The summed E-state index contributed by atoms with van der Waals surface area (Å²) in [6, 6.07) is 5.40. The van der Waals surface area contributed by atoms with Gasteiger partial charge in [0, 0.05) is 15.8 Å². The predicted octanol–water partition coefficient (Wildman–Crippen LogP) is 4.56. The predicted molar refractivity (Wildman–Crippen MR) is 111 cm³/mol. The molecule has 3 aromatic rings. The number of aryl methyl sites for hydroxylation is 1. The number of carbonyl (C=O) groups is 1. The molecule has 0 saturated heterocycles. The smallest absolute Gasteiger partial charge is 0.173 e. The zero-order chi connectivity index (χ0) is 19.1. The van der Waals surface area contributed by atoms with Gasteiger partial charge in [0.05, 0.1) is 5.75 Å². The molecule has 7 heteroatoms. The quantitative estimate of drug-likeness (QED) is 0.356. The number of ketones is 1. The topological polar surface area (TPSA) is 61.3 Å². The monoisotopic (exact) mass is 412 g/mol. The van der Waals surface area contributed by atoms with Crippen LogP contribution in [0.2, 0.25) is 0 Å². The summed E-state index contributed by atoms with van der Waals surface area (Å²) in [5.41, 5.74) is 2.04. The molecule has 2 aliphatic rings. The fourth-order valence-electron chi connectivity index (χ4n) is 3.79. The van der Waals surface area contributed by atoms with Crippen LogP contribution < -0.4 is 9.47 Å². The first-order valence-corrected chi connectivity index (χ1v) is 11.3. The summed E-state index contributed by atoms with van der Waals surface area (Å²) in [5, 5.41) is 2.08. The number of thiophene rings is 1. The first-order chi connectivity index (χ1) is 13.7. The van der Waals surface area contributed by atoms with Gasteiger partial charge in [0.2, 0.25) is 0 Å². The maximum absolute atomic E-state index is 12.8. The number of carbonyl (C=O) groups excluding carboxylic acids is 1. The molecule has 5 nitrogen and oxygen atoms in total.